The zero-order chi connectivity index (χ0) is 15.0. The first-order chi connectivity index (χ1) is 10.0. The molecule has 1 aliphatic carbocycles. The highest BCUT2D eigenvalue weighted by molar-refractivity contribution is 7.89. The number of nitrogens with one attached hydrogen (secondary N) is 1. The number of nitrogens with two attached hydrogens (primary N) is 1. The summed E-state index contributed by atoms with van der Waals surface area (Å²) < 4.78 is 31.8. The minimum Gasteiger partial charge on any atom is -0.398 e. The van der Waals surface area contributed by atoms with Crippen LogP contribution in [0.3, 0.4) is 0 Å². The molecule has 1 aromatic carbocycles. The Kier molecular flexibility index (Phi) is 3.81. The molecule has 21 heavy (non-hydrogen) atoms. The van der Waals surface area contributed by atoms with Gasteiger partial charge in [0.2, 0.25) is 10.0 Å². The molecular formula is C14H21N3O3S. The Morgan fingerprint density at radius 2 is 2.19 bits per heavy atom. The predicted octanol–water partition coefficient (Wildman–Crippen LogP) is 0.935. The van der Waals surface area contributed by atoms with Crippen molar-refractivity contribution in [1.29, 1.82) is 0 Å². The van der Waals surface area contributed by atoms with Crippen molar-refractivity contribution in [3.63, 3.8) is 0 Å². The fourth-order valence-corrected chi connectivity index (χ4v) is 4.15. The number of hydrogen-bond acceptors (Lipinski definition) is 5. The number of morpholine rings is 1. The number of fused-ring (bicyclic) bond motifs is 1. The van der Waals surface area contributed by atoms with Crippen molar-refractivity contribution in [2.24, 2.45) is 0 Å². The summed E-state index contributed by atoms with van der Waals surface area (Å²) >= 11 is 0. The first-order valence-electron chi connectivity index (χ1n) is 7.24. The third-order valence-corrected chi connectivity index (χ3v) is 5.85. The van der Waals surface area contributed by atoms with E-state index in [1.165, 1.54) is 13.5 Å². The Morgan fingerprint density at radius 3 is 2.90 bits per heavy atom. The lowest BCUT2D eigenvalue weighted by Gasteiger charge is -2.39. The normalized spacial score (nSPS) is 25.9. The molecule has 6 nitrogen and oxygen atoms in total. The summed E-state index contributed by atoms with van der Waals surface area (Å²) in [6, 6.07) is 5.55. The molecule has 3 N–H and O–H groups in total. The molecular weight excluding hydrogens is 290 g/mol. The van der Waals surface area contributed by atoms with Crippen LogP contribution in [0.1, 0.15) is 19.3 Å². The van der Waals surface area contributed by atoms with E-state index in [1.807, 2.05) is 6.07 Å². The topological polar surface area (TPSA) is 84.7 Å². The molecule has 0 amide bonds. The standard InChI is InChI=1S/C14H21N3O3S/c1-16-21(18,19)14-6-5-10(9-11(14)15)17-7-8-20-13-4-2-3-12(13)17/h5-6,9,12-13,16H,2-4,7-8,15H2,1H3. The van der Waals surface area contributed by atoms with Crippen molar-refractivity contribution in [3.05, 3.63) is 18.2 Å². The van der Waals surface area contributed by atoms with E-state index >= 15 is 0 Å². The summed E-state index contributed by atoms with van der Waals surface area (Å²) in [5.74, 6) is 0. The Labute approximate surface area is 125 Å². The number of nitrogens with zero attached hydrogens (tertiary/aromatic N) is 1. The van der Waals surface area contributed by atoms with E-state index < -0.39 is 10.0 Å². The Bertz CT molecular complexity index is 632. The van der Waals surface area contributed by atoms with Gasteiger partial charge in [-0.2, -0.15) is 0 Å². The van der Waals surface area contributed by atoms with E-state index in [0.717, 1.165) is 25.1 Å². The second-order valence-electron chi connectivity index (χ2n) is 5.53. The van der Waals surface area contributed by atoms with Gasteiger partial charge in [0.05, 0.1) is 24.4 Å². The number of ether oxygens (including phenoxy) is 1. The van der Waals surface area contributed by atoms with E-state index in [9.17, 15) is 8.42 Å². The fraction of sp³-hybridized carbons (Fsp3) is 0.571. The maximum atomic E-state index is 11.9. The van der Waals surface area contributed by atoms with Gasteiger partial charge in [-0.3, -0.25) is 0 Å². The van der Waals surface area contributed by atoms with Gasteiger partial charge in [-0.05, 0) is 44.5 Å². The Hall–Kier alpha value is -1.31. The fourth-order valence-electron chi connectivity index (χ4n) is 3.32. The highest BCUT2D eigenvalue weighted by Gasteiger charge is 2.36. The third kappa shape index (κ3) is 2.61. The average molecular weight is 311 g/mol. The zero-order valence-electron chi connectivity index (χ0n) is 12.1. The van der Waals surface area contributed by atoms with Crippen LogP contribution >= 0.6 is 0 Å². The number of hydrogen-bond donors (Lipinski definition) is 2. The van der Waals surface area contributed by atoms with Gasteiger partial charge < -0.3 is 15.4 Å². The smallest absolute Gasteiger partial charge is 0.242 e. The number of sulfonamides is 1. The molecule has 2 atom stereocenters. The van der Waals surface area contributed by atoms with Crippen LogP contribution in [-0.2, 0) is 14.8 Å². The molecule has 2 aliphatic rings. The molecule has 1 aliphatic heterocycles. The van der Waals surface area contributed by atoms with E-state index in [4.69, 9.17) is 10.5 Å². The summed E-state index contributed by atoms with van der Waals surface area (Å²) in [4.78, 5) is 2.43. The second kappa shape index (κ2) is 5.47. The molecule has 0 aromatic heterocycles. The molecule has 1 heterocycles. The molecule has 0 radical (unpaired) electrons. The van der Waals surface area contributed by atoms with Crippen LogP contribution in [0.5, 0.6) is 0 Å². The molecule has 116 valence electrons. The molecule has 1 saturated carbocycles. The maximum absolute atomic E-state index is 11.9. The number of anilines is 2. The highest BCUT2D eigenvalue weighted by atomic mass is 32.2. The predicted molar refractivity (Wildman–Crippen MR) is 81.8 cm³/mol. The van der Waals surface area contributed by atoms with Gasteiger partial charge >= 0.3 is 0 Å². The Balaban J connectivity index is 1.91. The van der Waals surface area contributed by atoms with Crippen LogP contribution < -0.4 is 15.4 Å². The van der Waals surface area contributed by atoms with Gasteiger partial charge in [0.15, 0.2) is 0 Å². The molecule has 2 unspecified atom stereocenters. The highest BCUT2D eigenvalue weighted by Crippen LogP contribution is 2.34. The number of benzene rings is 1. The van der Waals surface area contributed by atoms with Crippen molar-refractivity contribution < 1.29 is 13.2 Å². The second-order valence-corrected chi connectivity index (χ2v) is 7.39. The summed E-state index contributed by atoms with van der Waals surface area (Å²) in [5, 5.41) is 0. The molecule has 0 bridgehead atoms. The van der Waals surface area contributed by atoms with Crippen LogP contribution in [0.2, 0.25) is 0 Å². The van der Waals surface area contributed by atoms with E-state index in [-0.39, 0.29) is 10.6 Å². The minimum atomic E-state index is -3.51. The third-order valence-electron chi connectivity index (χ3n) is 4.37. The van der Waals surface area contributed by atoms with Gasteiger partial charge in [0.25, 0.3) is 0 Å². The molecule has 2 fully saturated rings. The maximum Gasteiger partial charge on any atom is 0.242 e. The summed E-state index contributed by atoms with van der Waals surface area (Å²) in [5.41, 5.74) is 7.21. The summed E-state index contributed by atoms with van der Waals surface area (Å²) in [6.45, 7) is 1.52. The Morgan fingerprint density at radius 1 is 1.38 bits per heavy atom. The summed E-state index contributed by atoms with van der Waals surface area (Å²) in [7, 11) is -2.13. The van der Waals surface area contributed by atoms with E-state index in [2.05, 4.69) is 9.62 Å². The van der Waals surface area contributed by atoms with Gasteiger partial charge in [-0.25, -0.2) is 13.1 Å². The first kappa shape index (κ1) is 14.6. The monoisotopic (exact) mass is 311 g/mol. The molecule has 3 rings (SSSR count). The van der Waals surface area contributed by atoms with Crippen molar-refractivity contribution in [1.82, 2.24) is 4.72 Å². The molecule has 1 aromatic rings. The van der Waals surface area contributed by atoms with Gasteiger partial charge in [-0.15, -0.1) is 0 Å². The average Bonchev–Trinajstić information content (AvgIpc) is 2.95. The minimum absolute atomic E-state index is 0.130. The van der Waals surface area contributed by atoms with Gasteiger partial charge in [-0.1, -0.05) is 0 Å². The molecule has 7 heteroatoms. The van der Waals surface area contributed by atoms with E-state index in [1.54, 1.807) is 12.1 Å². The van der Waals surface area contributed by atoms with Crippen LogP contribution in [0.25, 0.3) is 0 Å². The van der Waals surface area contributed by atoms with Crippen LogP contribution in [0, 0.1) is 0 Å². The van der Waals surface area contributed by atoms with Crippen molar-refractivity contribution in [2.45, 2.75) is 36.3 Å². The largest absolute Gasteiger partial charge is 0.398 e. The van der Waals surface area contributed by atoms with Gasteiger partial charge in [0.1, 0.15) is 4.90 Å². The van der Waals surface area contributed by atoms with Crippen LogP contribution in [0.15, 0.2) is 23.1 Å². The van der Waals surface area contributed by atoms with Crippen LogP contribution in [-0.4, -0.2) is 40.8 Å². The van der Waals surface area contributed by atoms with E-state index in [0.29, 0.717) is 18.8 Å². The van der Waals surface area contributed by atoms with Crippen molar-refractivity contribution in [2.75, 3.05) is 30.8 Å². The summed E-state index contributed by atoms with van der Waals surface area (Å²) in [6.07, 6.45) is 3.68. The van der Waals surface area contributed by atoms with Gasteiger partial charge in [0, 0.05) is 12.2 Å². The quantitative estimate of drug-likeness (QED) is 0.811. The SMILES string of the molecule is CNS(=O)(=O)c1ccc(N2CCOC3CCCC32)cc1N. The first-order valence-corrected chi connectivity index (χ1v) is 8.72. The van der Waals surface area contributed by atoms with Crippen molar-refractivity contribution >= 4 is 21.4 Å². The zero-order valence-corrected chi connectivity index (χ0v) is 12.9. The lowest BCUT2D eigenvalue weighted by atomic mass is 10.1. The van der Waals surface area contributed by atoms with Crippen molar-refractivity contribution in [3.8, 4) is 0 Å². The molecule has 0 spiro atoms. The number of nitrogen functional groups attached to an aromatic ring is 1. The lowest BCUT2D eigenvalue weighted by molar-refractivity contribution is 0.0256. The van der Waals surface area contributed by atoms with Crippen LogP contribution in [0.4, 0.5) is 11.4 Å². The number of rotatable bonds is 3. The molecule has 1 saturated heterocycles. The lowest BCUT2D eigenvalue weighted by Crippen LogP contribution is -2.48.